The van der Waals surface area contributed by atoms with Crippen molar-refractivity contribution in [1.82, 2.24) is 5.32 Å². The number of rotatable bonds is 8. The molecule has 0 unspecified atom stereocenters. The zero-order valence-corrected chi connectivity index (χ0v) is 13.0. The van der Waals surface area contributed by atoms with Gasteiger partial charge in [-0.1, -0.05) is 49.1 Å². The summed E-state index contributed by atoms with van der Waals surface area (Å²) in [6.07, 6.45) is 0. The van der Waals surface area contributed by atoms with Gasteiger partial charge in [-0.2, -0.15) is 0 Å². The molecule has 4 nitrogen and oxygen atoms in total. The van der Waals surface area contributed by atoms with Crippen LogP contribution in [0.25, 0.3) is 0 Å². The van der Waals surface area contributed by atoms with Crippen LogP contribution in [0.15, 0.2) is 24.3 Å². The maximum absolute atomic E-state index is 10.4. The molecule has 0 atom stereocenters. The maximum Gasteiger partial charge on any atom is 0.243 e. The van der Waals surface area contributed by atoms with Crippen molar-refractivity contribution in [2.24, 2.45) is 5.73 Å². The first-order valence-corrected chi connectivity index (χ1v) is 10.1. The van der Waals surface area contributed by atoms with E-state index >= 15 is 0 Å². The van der Waals surface area contributed by atoms with Gasteiger partial charge in [-0.25, -0.2) is 0 Å². The second-order valence-corrected chi connectivity index (χ2v) is 10.7. The fourth-order valence-electron chi connectivity index (χ4n) is 1.67. The van der Waals surface area contributed by atoms with Crippen LogP contribution in [0.2, 0.25) is 19.6 Å². The van der Waals surface area contributed by atoms with Gasteiger partial charge in [-0.3, -0.25) is 4.79 Å². The highest BCUT2D eigenvalue weighted by atomic mass is 28.3. The summed E-state index contributed by atoms with van der Waals surface area (Å²) in [6, 6.07) is 8.80. The summed E-state index contributed by atoms with van der Waals surface area (Å²) in [5.74, 6) is -0.429. The lowest BCUT2D eigenvalue weighted by atomic mass is 10.2. The molecule has 0 aliphatic carbocycles. The molecule has 1 amide bonds. The van der Waals surface area contributed by atoms with Crippen LogP contribution >= 0.6 is 0 Å². The molecule has 0 spiro atoms. The molecule has 0 radical (unpaired) electrons. The molecule has 0 saturated heterocycles. The molecular weight excluding hydrogens is 256 g/mol. The highest BCUT2D eigenvalue weighted by Crippen LogP contribution is 2.04. The van der Waals surface area contributed by atoms with Gasteiger partial charge in [0.2, 0.25) is 5.91 Å². The maximum atomic E-state index is 10.4. The number of amides is 1. The molecular formula is C14H24N2O2Si. The lowest BCUT2D eigenvalue weighted by Gasteiger charge is -2.16. The highest BCUT2D eigenvalue weighted by Gasteiger charge is 2.15. The Balaban J connectivity index is 2.25. The first-order valence-electron chi connectivity index (χ1n) is 6.56. The number of nitrogens with one attached hydrogen (secondary N) is 1. The molecule has 0 saturated carbocycles. The molecule has 19 heavy (non-hydrogen) atoms. The highest BCUT2D eigenvalue weighted by molar-refractivity contribution is 6.88. The lowest BCUT2D eigenvalue weighted by Crippen LogP contribution is -2.37. The van der Waals surface area contributed by atoms with Crippen molar-refractivity contribution in [2.45, 2.75) is 26.2 Å². The van der Waals surface area contributed by atoms with Gasteiger partial charge >= 0.3 is 0 Å². The molecule has 1 rings (SSSR count). The third-order valence-electron chi connectivity index (χ3n) is 2.82. The molecule has 0 aliphatic heterocycles. The number of benzene rings is 1. The van der Waals surface area contributed by atoms with Crippen LogP contribution < -0.4 is 16.2 Å². The molecule has 0 fully saturated rings. The summed E-state index contributed by atoms with van der Waals surface area (Å²) in [7, 11) is -1.20. The smallest absolute Gasteiger partial charge is 0.243 e. The molecule has 3 N–H and O–H groups in total. The summed E-state index contributed by atoms with van der Waals surface area (Å²) < 4.78 is 5.07. The number of carbonyl (C=O) groups excluding carboxylic acids is 1. The quantitative estimate of drug-likeness (QED) is 0.547. The van der Waals surface area contributed by atoms with Crippen molar-refractivity contribution in [3.63, 3.8) is 0 Å². The normalized spacial score (nSPS) is 11.5. The van der Waals surface area contributed by atoms with E-state index in [2.05, 4.69) is 49.2 Å². The van der Waals surface area contributed by atoms with Crippen molar-refractivity contribution < 1.29 is 9.53 Å². The molecule has 1 aromatic rings. The van der Waals surface area contributed by atoms with Crippen molar-refractivity contribution in [3.05, 3.63) is 29.8 Å². The Morgan fingerprint density at radius 3 is 2.42 bits per heavy atom. The number of ether oxygens (including phenoxy) is 1. The number of carbonyl (C=O) groups is 1. The lowest BCUT2D eigenvalue weighted by molar-refractivity contribution is -0.122. The predicted molar refractivity (Wildman–Crippen MR) is 81.1 cm³/mol. The van der Waals surface area contributed by atoms with Crippen LogP contribution in [-0.4, -0.2) is 33.7 Å². The van der Waals surface area contributed by atoms with Gasteiger partial charge in [0.15, 0.2) is 0 Å². The summed E-state index contributed by atoms with van der Waals surface area (Å²) in [5.41, 5.74) is 6.23. The SMILES string of the molecule is C[Si](C)(C)c1ccc(CNCCOCC(N)=O)cc1. The van der Waals surface area contributed by atoms with Crippen LogP contribution in [0.3, 0.4) is 0 Å². The van der Waals surface area contributed by atoms with E-state index in [0.717, 1.165) is 6.54 Å². The molecule has 0 aromatic heterocycles. The van der Waals surface area contributed by atoms with Crippen LogP contribution in [-0.2, 0) is 16.1 Å². The zero-order chi connectivity index (χ0) is 14.3. The Kier molecular flexibility index (Phi) is 6.21. The van der Waals surface area contributed by atoms with Gasteiger partial charge in [0.1, 0.15) is 6.61 Å². The van der Waals surface area contributed by atoms with E-state index in [1.807, 2.05) is 0 Å². The number of primary amides is 1. The second kappa shape index (κ2) is 7.42. The van der Waals surface area contributed by atoms with E-state index in [0.29, 0.717) is 13.2 Å². The van der Waals surface area contributed by atoms with Crippen LogP contribution in [0.1, 0.15) is 5.56 Å². The molecule has 1 aromatic carbocycles. The largest absolute Gasteiger partial charge is 0.370 e. The van der Waals surface area contributed by atoms with E-state index in [-0.39, 0.29) is 6.61 Å². The van der Waals surface area contributed by atoms with Gasteiger partial charge in [0.05, 0.1) is 14.7 Å². The van der Waals surface area contributed by atoms with Gasteiger partial charge in [-0.05, 0) is 5.56 Å². The summed E-state index contributed by atoms with van der Waals surface area (Å²) in [4.78, 5) is 10.4. The first kappa shape index (κ1) is 15.9. The van der Waals surface area contributed by atoms with Crippen molar-refractivity contribution in [2.75, 3.05) is 19.8 Å². The average molecular weight is 280 g/mol. The van der Waals surface area contributed by atoms with Crippen LogP contribution in [0.5, 0.6) is 0 Å². The van der Waals surface area contributed by atoms with Crippen LogP contribution in [0, 0.1) is 0 Å². The van der Waals surface area contributed by atoms with Gasteiger partial charge in [0, 0.05) is 13.1 Å². The Hall–Kier alpha value is -1.17. The van der Waals surface area contributed by atoms with E-state index in [9.17, 15) is 4.79 Å². The molecule has 5 heteroatoms. The minimum absolute atomic E-state index is 0.00735. The van der Waals surface area contributed by atoms with Crippen molar-refractivity contribution >= 4 is 19.2 Å². The Bertz CT molecular complexity index is 399. The topological polar surface area (TPSA) is 64.3 Å². The summed E-state index contributed by atoms with van der Waals surface area (Å²) in [6.45, 7) is 9.04. The van der Waals surface area contributed by atoms with E-state index in [4.69, 9.17) is 10.5 Å². The monoisotopic (exact) mass is 280 g/mol. The third kappa shape index (κ3) is 6.52. The second-order valence-electron chi connectivity index (χ2n) is 5.64. The summed E-state index contributed by atoms with van der Waals surface area (Å²) >= 11 is 0. The molecule has 106 valence electrons. The van der Waals surface area contributed by atoms with E-state index < -0.39 is 14.0 Å². The average Bonchev–Trinajstić information content (AvgIpc) is 2.32. The van der Waals surface area contributed by atoms with Gasteiger partial charge in [-0.15, -0.1) is 0 Å². The minimum Gasteiger partial charge on any atom is -0.370 e. The predicted octanol–water partition coefficient (Wildman–Crippen LogP) is 0.823. The number of nitrogens with two attached hydrogens (primary N) is 1. The van der Waals surface area contributed by atoms with E-state index in [1.165, 1.54) is 10.8 Å². The van der Waals surface area contributed by atoms with Gasteiger partial charge in [0.25, 0.3) is 0 Å². The van der Waals surface area contributed by atoms with Crippen molar-refractivity contribution in [1.29, 1.82) is 0 Å². The summed E-state index contributed by atoms with van der Waals surface area (Å²) in [5, 5.41) is 4.74. The van der Waals surface area contributed by atoms with Gasteiger partial charge < -0.3 is 15.8 Å². The molecule has 0 aliphatic rings. The van der Waals surface area contributed by atoms with Crippen molar-refractivity contribution in [3.8, 4) is 0 Å². The Morgan fingerprint density at radius 2 is 1.89 bits per heavy atom. The Labute approximate surface area is 116 Å². The standard InChI is InChI=1S/C14H24N2O2Si/c1-19(2,3)13-6-4-12(5-7-13)10-16-8-9-18-11-14(15)17/h4-7,16H,8-11H2,1-3H3,(H2,15,17). The van der Waals surface area contributed by atoms with Crippen LogP contribution in [0.4, 0.5) is 0 Å². The molecule has 0 bridgehead atoms. The number of hydrogen-bond donors (Lipinski definition) is 2. The Morgan fingerprint density at radius 1 is 1.26 bits per heavy atom. The fourth-order valence-corrected chi connectivity index (χ4v) is 2.84. The first-order chi connectivity index (χ1) is 8.89. The zero-order valence-electron chi connectivity index (χ0n) is 12.0. The molecule has 0 heterocycles. The fraction of sp³-hybridized carbons (Fsp3) is 0.500. The number of hydrogen-bond acceptors (Lipinski definition) is 3. The van der Waals surface area contributed by atoms with E-state index in [1.54, 1.807) is 0 Å². The minimum atomic E-state index is -1.20. The third-order valence-corrected chi connectivity index (χ3v) is 4.88.